The normalized spacial score (nSPS) is 36.1. The second-order valence-electron chi connectivity index (χ2n) is 6.49. The van der Waals surface area contributed by atoms with Crippen LogP contribution in [0.2, 0.25) is 0 Å². The van der Waals surface area contributed by atoms with E-state index in [9.17, 15) is 4.79 Å². The number of piperazine rings is 1. The van der Waals surface area contributed by atoms with E-state index in [1.807, 2.05) is 0 Å². The quantitative estimate of drug-likeness (QED) is 0.866. The smallest absolute Gasteiger partial charge is 0.241 e. The summed E-state index contributed by atoms with van der Waals surface area (Å²) in [5, 5.41) is 6.27. The van der Waals surface area contributed by atoms with Crippen molar-refractivity contribution in [2.24, 2.45) is 11.8 Å². The zero-order valence-electron chi connectivity index (χ0n) is 11.8. The minimum atomic E-state index is -0.163. The van der Waals surface area contributed by atoms with Crippen molar-refractivity contribution in [2.75, 3.05) is 13.1 Å². The molecule has 2 saturated carbocycles. The lowest BCUT2D eigenvalue weighted by Crippen LogP contribution is -2.47. The summed E-state index contributed by atoms with van der Waals surface area (Å²) in [6, 6.07) is 8.57. The Morgan fingerprint density at radius 1 is 1.00 bits per heavy atom. The molecule has 1 aromatic rings. The van der Waals surface area contributed by atoms with Gasteiger partial charge in [-0.1, -0.05) is 37.1 Å². The van der Waals surface area contributed by atoms with Gasteiger partial charge in [0.25, 0.3) is 0 Å². The van der Waals surface area contributed by atoms with Crippen LogP contribution in [-0.4, -0.2) is 19.0 Å². The minimum Gasteiger partial charge on any atom is -0.353 e. The number of benzene rings is 1. The average molecular weight is 270 g/mol. The summed E-state index contributed by atoms with van der Waals surface area (Å²) < 4.78 is 0. The van der Waals surface area contributed by atoms with Gasteiger partial charge >= 0.3 is 0 Å². The molecule has 20 heavy (non-hydrogen) atoms. The number of carbonyl (C=O) groups excluding carboxylic acids is 1. The van der Waals surface area contributed by atoms with Crippen molar-refractivity contribution in [3.05, 3.63) is 35.4 Å². The van der Waals surface area contributed by atoms with Crippen molar-refractivity contribution >= 4 is 5.91 Å². The highest BCUT2D eigenvalue weighted by Crippen LogP contribution is 2.61. The molecule has 1 aliphatic heterocycles. The zero-order valence-corrected chi connectivity index (χ0v) is 11.8. The predicted octanol–water partition coefficient (Wildman–Crippen LogP) is 2.35. The molecule has 2 N–H and O–H groups in total. The Morgan fingerprint density at radius 3 is 2.50 bits per heavy atom. The van der Waals surface area contributed by atoms with Crippen molar-refractivity contribution in [3.63, 3.8) is 0 Å². The molecule has 0 spiro atoms. The van der Waals surface area contributed by atoms with Gasteiger partial charge in [-0.25, -0.2) is 0 Å². The first-order valence-electron chi connectivity index (χ1n) is 7.95. The van der Waals surface area contributed by atoms with E-state index in [-0.39, 0.29) is 11.9 Å². The fraction of sp³-hybridized carbons (Fsp3) is 0.588. The highest BCUT2D eigenvalue weighted by Gasteiger charge is 2.51. The van der Waals surface area contributed by atoms with Crippen LogP contribution in [0.3, 0.4) is 0 Å². The van der Waals surface area contributed by atoms with Gasteiger partial charge in [0.05, 0.1) is 0 Å². The number of hydrogen-bond acceptors (Lipinski definition) is 2. The molecule has 3 fully saturated rings. The summed E-state index contributed by atoms with van der Waals surface area (Å²) in [5.41, 5.74) is 2.59. The second kappa shape index (κ2) is 4.88. The molecule has 0 aromatic heterocycles. The van der Waals surface area contributed by atoms with Crippen molar-refractivity contribution in [1.29, 1.82) is 0 Å². The molecular formula is C17H22N2O. The number of rotatable bonds is 2. The summed E-state index contributed by atoms with van der Waals surface area (Å²) in [5.74, 6) is 2.73. The van der Waals surface area contributed by atoms with Crippen LogP contribution >= 0.6 is 0 Å². The van der Waals surface area contributed by atoms with Gasteiger partial charge in [-0.15, -0.1) is 0 Å². The molecule has 1 aromatic carbocycles. The standard InChI is InChI=1S/C17H22N2O/c20-17-16(18-8-9-19-17)12-5-3-4-11(10-12)15-13-6-1-2-7-14(13)15/h3-5,10,13-16,18H,1-2,6-9H2,(H,19,20)/t13-,14+,15?,16?. The molecule has 0 bridgehead atoms. The number of fused-ring (bicyclic) bond motifs is 1. The van der Waals surface area contributed by atoms with Gasteiger partial charge in [0.1, 0.15) is 6.04 Å². The van der Waals surface area contributed by atoms with Crippen LogP contribution in [0, 0.1) is 11.8 Å². The largest absolute Gasteiger partial charge is 0.353 e. The Bertz CT molecular complexity index is 515. The van der Waals surface area contributed by atoms with E-state index >= 15 is 0 Å². The molecule has 1 heterocycles. The lowest BCUT2D eigenvalue weighted by atomic mass is 9.99. The highest BCUT2D eigenvalue weighted by atomic mass is 16.2. The first kappa shape index (κ1) is 12.4. The van der Waals surface area contributed by atoms with Gasteiger partial charge in [0, 0.05) is 13.1 Å². The van der Waals surface area contributed by atoms with Crippen LogP contribution in [0.5, 0.6) is 0 Å². The maximum atomic E-state index is 12.0. The summed E-state index contributed by atoms with van der Waals surface area (Å²) in [7, 11) is 0. The topological polar surface area (TPSA) is 41.1 Å². The molecule has 0 radical (unpaired) electrons. The molecule has 3 nitrogen and oxygen atoms in total. The van der Waals surface area contributed by atoms with Crippen LogP contribution < -0.4 is 10.6 Å². The Balaban J connectivity index is 1.57. The van der Waals surface area contributed by atoms with Crippen LogP contribution in [0.4, 0.5) is 0 Å². The third kappa shape index (κ3) is 2.05. The Labute approximate surface area is 120 Å². The van der Waals surface area contributed by atoms with Crippen molar-refractivity contribution in [1.82, 2.24) is 10.6 Å². The molecule has 4 rings (SSSR count). The van der Waals surface area contributed by atoms with Gasteiger partial charge in [-0.2, -0.15) is 0 Å². The lowest BCUT2D eigenvalue weighted by Gasteiger charge is -2.24. The predicted molar refractivity (Wildman–Crippen MR) is 78.4 cm³/mol. The Hall–Kier alpha value is -1.35. The van der Waals surface area contributed by atoms with Crippen molar-refractivity contribution < 1.29 is 4.79 Å². The third-order valence-electron chi connectivity index (χ3n) is 5.32. The molecule has 106 valence electrons. The first-order chi connectivity index (χ1) is 9.84. The average Bonchev–Trinajstić information content (AvgIpc) is 3.22. The van der Waals surface area contributed by atoms with Gasteiger partial charge < -0.3 is 10.6 Å². The fourth-order valence-corrected chi connectivity index (χ4v) is 4.30. The first-order valence-corrected chi connectivity index (χ1v) is 7.95. The van der Waals surface area contributed by atoms with Gasteiger partial charge in [0.15, 0.2) is 0 Å². The van der Waals surface area contributed by atoms with Gasteiger partial charge in [-0.3, -0.25) is 4.79 Å². The Morgan fingerprint density at radius 2 is 1.75 bits per heavy atom. The van der Waals surface area contributed by atoms with Crippen molar-refractivity contribution in [2.45, 2.75) is 37.6 Å². The number of hydrogen-bond donors (Lipinski definition) is 2. The van der Waals surface area contributed by atoms with E-state index in [1.54, 1.807) is 0 Å². The molecule has 2 unspecified atom stereocenters. The molecule has 3 aliphatic rings. The summed E-state index contributed by atoms with van der Waals surface area (Å²) in [4.78, 5) is 12.0. The Kier molecular flexibility index (Phi) is 3.03. The van der Waals surface area contributed by atoms with E-state index in [2.05, 4.69) is 34.9 Å². The SMILES string of the molecule is O=C1NCCNC1c1cccc(C2[C@H]3CCCC[C@@H]23)c1. The summed E-state index contributed by atoms with van der Waals surface area (Å²) in [6.45, 7) is 1.59. The monoisotopic (exact) mass is 270 g/mol. The van der Waals surface area contributed by atoms with Crippen LogP contribution in [-0.2, 0) is 4.79 Å². The molecule has 1 amide bonds. The van der Waals surface area contributed by atoms with Gasteiger partial charge in [-0.05, 0) is 41.7 Å². The fourth-order valence-electron chi connectivity index (χ4n) is 4.30. The molecular weight excluding hydrogens is 248 g/mol. The van der Waals surface area contributed by atoms with Crippen molar-refractivity contribution in [3.8, 4) is 0 Å². The highest BCUT2D eigenvalue weighted by molar-refractivity contribution is 5.83. The lowest BCUT2D eigenvalue weighted by molar-refractivity contribution is -0.124. The second-order valence-corrected chi connectivity index (χ2v) is 6.49. The van der Waals surface area contributed by atoms with E-state index in [1.165, 1.54) is 31.2 Å². The van der Waals surface area contributed by atoms with E-state index in [0.29, 0.717) is 0 Å². The molecule has 4 atom stereocenters. The van der Waals surface area contributed by atoms with Crippen LogP contribution in [0.15, 0.2) is 24.3 Å². The zero-order chi connectivity index (χ0) is 13.5. The van der Waals surface area contributed by atoms with Crippen LogP contribution in [0.25, 0.3) is 0 Å². The van der Waals surface area contributed by atoms with Crippen LogP contribution in [0.1, 0.15) is 48.8 Å². The summed E-state index contributed by atoms with van der Waals surface area (Å²) >= 11 is 0. The number of nitrogens with one attached hydrogen (secondary N) is 2. The maximum absolute atomic E-state index is 12.0. The minimum absolute atomic E-state index is 0.113. The van der Waals surface area contributed by atoms with E-state index in [0.717, 1.165) is 36.4 Å². The summed E-state index contributed by atoms with van der Waals surface area (Å²) in [6.07, 6.45) is 5.62. The molecule has 2 aliphatic carbocycles. The molecule has 3 heteroatoms. The maximum Gasteiger partial charge on any atom is 0.241 e. The van der Waals surface area contributed by atoms with E-state index in [4.69, 9.17) is 0 Å². The number of amides is 1. The van der Waals surface area contributed by atoms with E-state index < -0.39 is 0 Å². The number of carbonyl (C=O) groups is 1. The molecule has 1 saturated heterocycles. The third-order valence-corrected chi connectivity index (χ3v) is 5.32. The van der Waals surface area contributed by atoms with Gasteiger partial charge in [0.2, 0.25) is 5.91 Å².